The van der Waals surface area contributed by atoms with Gasteiger partial charge in [-0.3, -0.25) is 0 Å². The Morgan fingerprint density at radius 3 is 2.76 bits per heavy atom. The molecule has 0 unspecified atom stereocenters. The van der Waals surface area contributed by atoms with Gasteiger partial charge >= 0.3 is 0 Å². The van der Waals surface area contributed by atoms with Crippen LogP contribution in [0.2, 0.25) is 0 Å². The Morgan fingerprint density at radius 1 is 1.36 bits per heavy atom. The first-order chi connectivity index (χ1) is 11.9. The van der Waals surface area contributed by atoms with Crippen LogP contribution in [-0.4, -0.2) is 33.3 Å². The third kappa shape index (κ3) is 5.41. The maximum atomic E-state index is 9.17. The van der Waals surface area contributed by atoms with Gasteiger partial charge in [-0.25, -0.2) is 4.68 Å². The number of benzene rings is 1. The Labute approximate surface area is 157 Å². The van der Waals surface area contributed by atoms with Crippen LogP contribution >= 0.6 is 15.9 Å². The van der Waals surface area contributed by atoms with Crippen LogP contribution in [0.3, 0.4) is 0 Å². The van der Waals surface area contributed by atoms with E-state index >= 15 is 0 Å². The highest BCUT2D eigenvalue weighted by molar-refractivity contribution is 9.10. The third-order valence-electron chi connectivity index (χ3n) is 3.75. The van der Waals surface area contributed by atoms with E-state index in [0.717, 1.165) is 39.7 Å². The van der Waals surface area contributed by atoms with E-state index in [1.807, 2.05) is 29.8 Å². The number of aliphatic hydroxyl groups is 1. The van der Waals surface area contributed by atoms with E-state index < -0.39 is 0 Å². The molecule has 1 heterocycles. The van der Waals surface area contributed by atoms with Crippen LogP contribution in [0.25, 0.3) is 11.0 Å². The normalized spacial score (nSPS) is 13.1. The number of fused-ring (bicyclic) bond motifs is 1. The summed E-state index contributed by atoms with van der Waals surface area (Å²) in [4.78, 5) is 0. The fourth-order valence-electron chi connectivity index (χ4n) is 2.54. The summed E-state index contributed by atoms with van der Waals surface area (Å²) in [5, 5.41) is 21.2. The van der Waals surface area contributed by atoms with E-state index in [9.17, 15) is 0 Å². The molecule has 2 aromatic rings. The summed E-state index contributed by atoms with van der Waals surface area (Å²) in [6.07, 6.45) is 6.77. The van der Waals surface area contributed by atoms with Crippen LogP contribution in [0, 0.1) is 5.41 Å². The second kappa shape index (κ2) is 8.63. The van der Waals surface area contributed by atoms with Gasteiger partial charge in [0.25, 0.3) is 0 Å². The molecule has 0 spiro atoms. The summed E-state index contributed by atoms with van der Waals surface area (Å²) < 4.78 is 2.87. The summed E-state index contributed by atoms with van der Waals surface area (Å²) in [5.41, 5.74) is 4.13. The van der Waals surface area contributed by atoms with Gasteiger partial charge < -0.3 is 10.4 Å². The Kier molecular flexibility index (Phi) is 6.79. The zero-order chi connectivity index (χ0) is 18.4. The van der Waals surface area contributed by atoms with Gasteiger partial charge in [-0.2, -0.15) is 0 Å². The molecule has 1 aromatic heterocycles. The lowest BCUT2D eigenvalue weighted by atomic mass is 9.97. The second-order valence-electron chi connectivity index (χ2n) is 7.27. The van der Waals surface area contributed by atoms with E-state index in [1.54, 1.807) is 0 Å². The smallest absolute Gasteiger partial charge is 0.129 e. The van der Waals surface area contributed by atoms with Crippen molar-refractivity contribution in [2.24, 2.45) is 5.41 Å². The highest BCUT2D eigenvalue weighted by Crippen LogP contribution is 2.31. The van der Waals surface area contributed by atoms with Crippen LogP contribution < -0.4 is 5.32 Å². The van der Waals surface area contributed by atoms with Gasteiger partial charge in [-0.1, -0.05) is 44.2 Å². The van der Waals surface area contributed by atoms with E-state index in [4.69, 9.17) is 5.11 Å². The van der Waals surface area contributed by atoms with Gasteiger partial charge in [-0.15, -0.1) is 5.10 Å². The molecule has 0 aliphatic heterocycles. The summed E-state index contributed by atoms with van der Waals surface area (Å²) >= 11 is 3.66. The predicted molar refractivity (Wildman–Crippen MR) is 108 cm³/mol. The number of rotatable bonds is 7. The van der Waals surface area contributed by atoms with Crippen molar-refractivity contribution in [3.8, 4) is 0 Å². The molecule has 1 aromatic carbocycles. The zero-order valence-corrected chi connectivity index (χ0v) is 17.0. The average Bonchev–Trinajstić information content (AvgIpc) is 2.93. The quantitative estimate of drug-likeness (QED) is 0.662. The van der Waals surface area contributed by atoms with Crippen molar-refractivity contribution < 1.29 is 5.11 Å². The standard InChI is InChI=1S/C19H27BrN4O/c1-5-6-7-14(10-11-25)12-21-15-8-9-16-18(17(15)20)22-23-24(16)13-19(2,3)4/h5-6,8-10,21,25H,7,11-13H2,1-4H3. The molecule has 5 nitrogen and oxygen atoms in total. The van der Waals surface area contributed by atoms with E-state index in [-0.39, 0.29) is 12.0 Å². The van der Waals surface area contributed by atoms with Crippen molar-refractivity contribution in [1.29, 1.82) is 0 Å². The molecule has 25 heavy (non-hydrogen) atoms. The number of halogens is 1. The molecule has 0 aliphatic carbocycles. The average molecular weight is 407 g/mol. The summed E-state index contributed by atoms with van der Waals surface area (Å²) in [5.74, 6) is 0. The summed E-state index contributed by atoms with van der Waals surface area (Å²) in [6.45, 7) is 10.1. The molecular formula is C19H27BrN4O. The lowest BCUT2D eigenvalue weighted by Gasteiger charge is -2.18. The number of hydrogen-bond donors (Lipinski definition) is 2. The van der Waals surface area contributed by atoms with Gasteiger partial charge in [0.05, 0.1) is 22.3 Å². The zero-order valence-electron chi connectivity index (χ0n) is 15.4. The minimum absolute atomic E-state index is 0.0515. The highest BCUT2D eigenvalue weighted by Gasteiger charge is 2.17. The van der Waals surface area contributed by atoms with Crippen molar-refractivity contribution >= 4 is 32.7 Å². The molecule has 136 valence electrons. The van der Waals surface area contributed by atoms with Crippen molar-refractivity contribution in [3.05, 3.63) is 40.4 Å². The number of anilines is 1. The lowest BCUT2D eigenvalue weighted by molar-refractivity contribution is 0.327. The third-order valence-corrected chi connectivity index (χ3v) is 4.55. The van der Waals surface area contributed by atoms with Gasteiger partial charge in [0.2, 0.25) is 0 Å². The monoisotopic (exact) mass is 406 g/mol. The molecule has 0 atom stereocenters. The SMILES string of the molecule is CC=CCC(=CCO)CNc1ccc2c(nnn2CC(C)(C)C)c1Br. The Hall–Kier alpha value is -1.66. The fourth-order valence-corrected chi connectivity index (χ4v) is 3.10. The topological polar surface area (TPSA) is 63.0 Å². The van der Waals surface area contributed by atoms with Crippen LogP contribution in [0.15, 0.2) is 40.4 Å². The molecule has 0 fully saturated rings. The van der Waals surface area contributed by atoms with Gasteiger partial charge in [-0.05, 0) is 52.4 Å². The summed E-state index contributed by atoms with van der Waals surface area (Å²) in [7, 11) is 0. The van der Waals surface area contributed by atoms with E-state index in [1.165, 1.54) is 0 Å². The van der Waals surface area contributed by atoms with Crippen LogP contribution in [0.4, 0.5) is 5.69 Å². The minimum Gasteiger partial charge on any atom is -0.392 e. The first-order valence-electron chi connectivity index (χ1n) is 8.51. The molecule has 2 rings (SSSR count). The van der Waals surface area contributed by atoms with Gasteiger partial charge in [0.15, 0.2) is 0 Å². The van der Waals surface area contributed by atoms with E-state index in [2.05, 4.69) is 64.5 Å². The molecule has 0 aliphatic rings. The van der Waals surface area contributed by atoms with Crippen LogP contribution in [0.5, 0.6) is 0 Å². The largest absolute Gasteiger partial charge is 0.392 e. The van der Waals surface area contributed by atoms with Crippen LogP contribution in [-0.2, 0) is 6.54 Å². The predicted octanol–water partition coefficient (Wildman–Crippen LogP) is 4.54. The fraction of sp³-hybridized carbons (Fsp3) is 0.474. The van der Waals surface area contributed by atoms with E-state index in [0.29, 0.717) is 6.54 Å². The van der Waals surface area contributed by atoms with Crippen molar-refractivity contribution in [2.45, 2.75) is 40.7 Å². The Balaban J connectivity index is 2.20. The van der Waals surface area contributed by atoms with Crippen molar-refractivity contribution in [2.75, 3.05) is 18.5 Å². The number of nitrogens with zero attached hydrogens (tertiary/aromatic N) is 3. The number of allylic oxidation sites excluding steroid dienone is 2. The van der Waals surface area contributed by atoms with Crippen LogP contribution in [0.1, 0.15) is 34.1 Å². The first kappa shape index (κ1) is 19.7. The molecule has 0 saturated heterocycles. The Bertz CT molecular complexity index is 772. The Morgan fingerprint density at radius 2 is 2.12 bits per heavy atom. The lowest BCUT2D eigenvalue weighted by Crippen LogP contribution is -2.16. The van der Waals surface area contributed by atoms with Gasteiger partial charge in [0.1, 0.15) is 5.52 Å². The van der Waals surface area contributed by atoms with Crippen molar-refractivity contribution in [3.63, 3.8) is 0 Å². The molecule has 0 amide bonds. The number of aliphatic hydroxyl groups excluding tert-OH is 1. The summed E-state index contributed by atoms with van der Waals surface area (Å²) in [6, 6.07) is 4.09. The molecule has 0 saturated carbocycles. The highest BCUT2D eigenvalue weighted by atomic mass is 79.9. The number of nitrogens with one attached hydrogen (secondary N) is 1. The molecule has 0 radical (unpaired) electrons. The maximum absolute atomic E-state index is 9.17. The molecule has 0 bridgehead atoms. The minimum atomic E-state index is 0.0515. The number of hydrogen-bond acceptors (Lipinski definition) is 4. The van der Waals surface area contributed by atoms with Gasteiger partial charge in [0, 0.05) is 13.1 Å². The number of aromatic nitrogens is 3. The molecule has 2 N–H and O–H groups in total. The maximum Gasteiger partial charge on any atom is 0.129 e. The molecule has 6 heteroatoms. The first-order valence-corrected chi connectivity index (χ1v) is 9.30. The second-order valence-corrected chi connectivity index (χ2v) is 8.07. The molecular weight excluding hydrogens is 380 g/mol. The van der Waals surface area contributed by atoms with Crippen molar-refractivity contribution in [1.82, 2.24) is 15.0 Å².